The molecule has 0 aliphatic heterocycles. The first-order chi connectivity index (χ1) is 11.6. The maximum Gasteiger partial charge on any atom is 0.220 e. The zero-order valence-electron chi connectivity index (χ0n) is 14.8. The first kappa shape index (κ1) is 18.4. The molecular formula is C17H27N5O2. The van der Waals surface area contributed by atoms with E-state index in [4.69, 9.17) is 4.74 Å². The molecule has 0 bridgehead atoms. The Morgan fingerprint density at radius 3 is 3.00 bits per heavy atom. The number of ether oxygens (including phenoxy) is 1. The Balaban J connectivity index is 1.90. The van der Waals surface area contributed by atoms with Crippen molar-refractivity contribution >= 4 is 17.1 Å². The minimum atomic E-state index is 0.0922. The van der Waals surface area contributed by atoms with Crippen molar-refractivity contribution in [3.05, 3.63) is 24.2 Å². The number of methoxy groups -OCH3 is 1. The van der Waals surface area contributed by atoms with E-state index in [0.29, 0.717) is 26.1 Å². The van der Waals surface area contributed by atoms with Crippen molar-refractivity contribution in [2.24, 2.45) is 0 Å². The molecule has 0 aliphatic carbocycles. The van der Waals surface area contributed by atoms with Crippen LogP contribution in [0.15, 0.2) is 18.3 Å². The van der Waals surface area contributed by atoms with Gasteiger partial charge in [0.2, 0.25) is 5.91 Å². The van der Waals surface area contributed by atoms with Gasteiger partial charge in [-0.3, -0.25) is 4.79 Å². The van der Waals surface area contributed by atoms with Crippen LogP contribution in [0.25, 0.3) is 11.2 Å². The minimum Gasteiger partial charge on any atom is -0.383 e. The highest BCUT2D eigenvalue weighted by atomic mass is 16.5. The number of carbonyl (C=O) groups is 1. The minimum absolute atomic E-state index is 0.0922. The molecule has 7 nitrogen and oxygen atoms in total. The fraction of sp³-hybridized carbons (Fsp3) is 0.588. The predicted octanol–water partition coefficient (Wildman–Crippen LogP) is 1.08. The number of amides is 1. The lowest BCUT2D eigenvalue weighted by Crippen LogP contribution is -2.31. The number of imidazole rings is 1. The Morgan fingerprint density at radius 2 is 2.25 bits per heavy atom. The van der Waals surface area contributed by atoms with Crippen LogP contribution in [0.1, 0.15) is 18.7 Å². The van der Waals surface area contributed by atoms with Gasteiger partial charge in [-0.2, -0.15) is 0 Å². The van der Waals surface area contributed by atoms with E-state index in [2.05, 4.69) is 19.9 Å². The van der Waals surface area contributed by atoms with Crippen LogP contribution < -0.4 is 5.32 Å². The summed E-state index contributed by atoms with van der Waals surface area (Å²) in [5.41, 5.74) is 1.76. The van der Waals surface area contributed by atoms with Crippen molar-refractivity contribution < 1.29 is 9.53 Å². The average Bonchev–Trinajstić information content (AvgIpc) is 2.90. The average molecular weight is 333 g/mol. The van der Waals surface area contributed by atoms with Crippen molar-refractivity contribution in [3.8, 4) is 0 Å². The molecule has 0 radical (unpaired) electrons. The molecule has 2 aromatic rings. The fourth-order valence-electron chi connectivity index (χ4n) is 2.53. The Morgan fingerprint density at radius 1 is 1.42 bits per heavy atom. The summed E-state index contributed by atoms with van der Waals surface area (Å²) in [6.07, 6.45) is 3.80. The van der Waals surface area contributed by atoms with Crippen LogP contribution in [0, 0.1) is 0 Å². The van der Waals surface area contributed by atoms with Crippen molar-refractivity contribution in [1.29, 1.82) is 0 Å². The number of hydrogen-bond acceptors (Lipinski definition) is 5. The van der Waals surface area contributed by atoms with E-state index in [9.17, 15) is 4.79 Å². The van der Waals surface area contributed by atoms with Crippen LogP contribution in [-0.4, -0.2) is 66.2 Å². The number of hydrogen-bond donors (Lipinski definition) is 1. The van der Waals surface area contributed by atoms with E-state index >= 15 is 0 Å². The monoisotopic (exact) mass is 333 g/mol. The highest BCUT2D eigenvalue weighted by Gasteiger charge is 2.12. The molecule has 0 saturated heterocycles. The zero-order valence-corrected chi connectivity index (χ0v) is 14.8. The smallest absolute Gasteiger partial charge is 0.220 e. The van der Waals surface area contributed by atoms with Gasteiger partial charge in [-0.15, -0.1) is 0 Å². The van der Waals surface area contributed by atoms with Crippen LogP contribution in [0.4, 0.5) is 0 Å². The molecule has 7 heteroatoms. The molecule has 132 valence electrons. The number of aryl methyl sites for hydroxylation is 1. The number of likely N-dealkylation sites (N-methyl/N-ethyl adjacent to an activating group) is 1. The maximum atomic E-state index is 11.9. The Bertz CT molecular complexity index is 653. The molecule has 2 rings (SSSR count). The highest BCUT2D eigenvalue weighted by molar-refractivity contribution is 5.75. The molecule has 1 amide bonds. The number of rotatable bonds is 10. The van der Waals surface area contributed by atoms with Crippen LogP contribution in [0.5, 0.6) is 0 Å². The summed E-state index contributed by atoms with van der Waals surface area (Å²) in [5.74, 6) is 1.05. The van der Waals surface area contributed by atoms with Gasteiger partial charge in [0.25, 0.3) is 0 Å². The van der Waals surface area contributed by atoms with Gasteiger partial charge in [0, 0.05) is 45.8 Å². The molecular weight excluding hydrogens is 306 g/mol. The van der Waals surface area contributed by atoms with Crippen molar-refractivity contribution in [2.75, 3.05) is 40.9 Å². The van der Waals surface area contributed by atoms with E-state index in [-0.39, 0.29) is 5.91 Å². The summed E-state index contributed by atoms with van der Waals surface area (Å²) in [7, 11) is 5.67. The third kappa shape index (κ3) is 5.28. The molecule has 1 N–H and O–H groups in total. The number of carbonyl (C=O) groups excluding carboxylic acids is 1. The van der Waals surface area contributed by atoms with Gasteiger partial charge in [-0.1, -0.05) is 0 Å². The lowest BCUT2D eigenvalue weighted by Gasteiger charge is -2.10. The Labute approximate surface area is 143 Å². The summed E-state index contributed by atoms with van der Waals surface area (Å²) in [5, 5.41) is 2.94. The van der Waals surface area contributed by atoms with Crippen molar-refractivity contribution in [2.45, 2.75) is 25.8 Å². The van der Waals surface area contributed by atoms with E-state index in [0.717, 1.165) is 36.4 Å². The molecule has 2 heterocycles. The molecule has 2 aromatic heterocycles. The van der Waals surface area contributed by atoms with E-state index < -0.39 is 0 Å². The molecule has 0 aromatic carbocycles. The second kappa shape index (κ2) is 9.34. The predicted molar refractivity (Wildman–Crippen MR) is 93.9 cm³/mol. The zero-order chi connectivity index (χ0) is 17.4. The summed E-state index contributed by atoms with van der Waals surface area (Å²) in [6.45, 7) is 2.86. The molecule has 0 spiro atoms. The normalized spacial score (nSPS) is 11.3. The van der Waals surface area contributed by atoms with E-state index in [1.165, 1.54) is 0 Å². The number of aromatic nitrogens is 3. The SMILES string of the molecule is COCCn1c(CCCC(=O)NCCN(C)C)nc2cccnc21. The number of fused-ring (bicyclic) bond motifs is 1. The molecule has 0 atom stereocenters. The molecule has 24 heavy (non-hydrogen) atoms. The maximum absolute atomic E-state index is 11.9. The number of nitrogens with one attached hydrogen (secondary N) is 1. The summed E-state index contributed by atoms with van der Waals surface area (Å²) >= 11 is 0. The van der Waals surface area contributed by atoms with Crippen LogP contribution in [0.3, 0.4) is 0 Å². The molecule has 0 aliphatic rings. The van der Waals surface area contributed by atoms with Gasteiger partial charge >= 0.3 is 0 Å². The van der Waals surface area contributed by atoms with Gasteiger partial charge in [0.1, 0.15) is 11.3 Å². The number of nitrogens with zero attached hydrogens (tertiary/aromatic N) is 4. The van der Waals surface area contributed by atoms with Gasteiger partial charge in [0.15, 0.2) is 5.65 Å². The first-order valence-corrected chi connectivity index (χ1v) is 8.32. The molecule has 0 unspecified atom stereocenters. The lowest BCUT2D eigenvalue weighted by atomic mass is 10.2. The summed E-state index contributed by atoms with van der Waals surface area (Å²) in [6, 6.07) is 3.85. The topological polar surface area (TPSA) is 72.3 Å². The van der Waals surface area contributed by atoms with Gasteiger partial charge in [-0.25, -0.2) is 9.97 Å². The van der Waals surface area contributed by atoms with E-state index in [1.54, 1.807) is 13.3 Å². The van der Waals surface area contributed by atoms with Gasteiger partial charge in [0.05, 0.1) is 6.61 Å². The Kier molecular flexibility index (Phi) is 7.14. The third-order valence-electron chi connectivity index (χ3n) is 3.79. The lowest BCUT2D eigenvalue weighted by molar-refractivity contribution is -0.121. The quantitative estimate of drug-likeness (QED) is 0.704. The first-order valence-electron chi connectivity index (χ1n) is 8.32. The fourth-order valence-corrected chi connectivity index (χ4v) is 2.53. The highest BCUT2D eigenvalue weighted by Crippen LogP contribution is 2.15. The second-order valence-electron chi connectivity index (χ2n) is 6.03. The standard InChI is InChI=1S/C17H27N5O2/c1-21(2)11-10-18-16(23)8-4-7-15-20-14-6-5-9-19-17(14)22(15)12-13-24-3/h5-6,9H,4,7-8,10-13H2,1-3H3,(H,18,23). The number of pyridine rings is 1. The molecule has 0 fully saturated rings. The van der Waals surface area contributed by atoms with Crippen molar-refractivity contribution in [1.82, 2.24) is 24.8 Å². The largest absolute Gasteiger partial charge is 0.383 e. The van der Waals surface area contributed by atoms with Gasteiger partial charge < -0.3 is 19.5 Å². The Hall–Kier alpha value is -1.99. The summed E-state index contributed by atoms with van der Waals surface area (Å²) in [4.78, 5) is 23.0. The van der Waals surface area contributed by atoms with Crippen molar-refractivity contribution in [3.63, 3.8) is 0 Å². The van der Waals surface area contributed by atoms with E-state index in [1.807, 2.05) is 31.1 Å². The third-order valence-corrected chi connectivity index (χ3v) is 3.79. The second-order valence-corrected chi connectivity index (χ2v) is 6.03. The van der Waals surface area contributed by atoms with Crippen LogP contribution >= 0.6 is 0 Å². The summed E-state index contributed by atoms with van der Waals surface area (Å²) < 4.78 is 7.27. The van der Waals surface area contributed by atoms with Crippen LogP contribution in [0.2, 0.25) is 0 Å². The van der Waals surface area contributed by atoms with Crippen LogP contribution in [-0.2, 0) is 22.5 Å². The van der Waals surface area contributed by atoms with Gasteiger partial charge in [-0.05, 0) is 32.6 Å². The molecule has 0 saturated carbocycles.